The lowest BCUT2D eigenvalue weighted by molar-refractivity contribution is 0.102. The van der Waals surface area contributed by atoms with E-state index in [1.165, 1.54) is 10.6 Å². The summed E-state index contributed by atoms with van der Waals surface area (Å²) in [5.41, 5.74) is 2.43. The molecular formula is C23H24N2O4S. The van der Waals surface area contributed by atoms with Crippen molar-refractivity contribution in [3.05, 3.63) is 90.0 Å². The fourth-order valence-corrected chi connectivity index (χ4v) is 3.86. The number of nitrogens with zero attached hydrogens (tertiary/aromatic N) is 1. The summed E-state index contributed by atoms with van der Waals surface area (Å²) in [7, 11) is -3.45. The van der Waals surface area contributed by atoms with Crippen LogP contribution in [0.15, 0.2) is 78.9 Å². The summed E-state index contributed by atoms with van der Waals surface area (Å²) in [6.07, 6.45) is 1.18. The predicted octanol–water partition coefficient (Wildman–Crippen LogP) is 4.30. The van der Waals surface area contributed by atoms with Gasteiger partial charge in [0.1, 0.15) is 5.75 Å². The third kappa shape index (κ3) is 5.39. The number of anilines is 2. The van der Waals surface area contributed by atoms with Crippen LogP contribution in [0.25, 0.3) is 0 Å². The normalized spacial score (nSPS) is 11.0. The van der Waals surface area contributed by atoms with Gasteiger partial charge in [-0.25, -0.2) is 8.42 Å². The number of amides is 1. The molecule has 156 valence electrons. The zero-order valence-corrected chi connectivity index (χ0v) is 17.7. The van der Waals surface area contributed by atoms with Crippen LogP contribution in [-0.4, -0.2) is 27.2 Å². The zero-order valence-electron chi connectivity index (χ0n) is 16.9. The molecular weight excluding hydrogens is 400 g/mol. The number of carbonyl (C=O) groups excluding carboxylic acids is 1. The molecule has 0 aliphatic carbocycles. The number of nitrogens with one attached hydrogen (secondary N) is 1. The monoisotopic (exact) mass is 424 g/mol. The fourth-order valence-electron chi connectivity index (χ4n) is 2.97. The van der Waals surface area contributed by atoms with E-state index in [0.29, 0.717) is 29.3 Å². The van der Waals surface area contributed by atoms with Gasteiger partial charge in [-0.05, 0) is 48.9 Å². The summed E-state index contributed by atoms with van der Waals surface area (Å²) in [6.45, 7) is 2.56. The number of sulfonamides is 1. The highest BCUT2D eigenvalue weighted by Gasteiger charge is 2.18. The molecule has 6 nitrogen and oxygen atoms in total. The van der Waals surface area contributed by atoms with Crippen LogP contribution >= 0.6 is 0 Å². The van der Waals surface area contributed by atoms with Crippen LogP contribution in [0.4, 0.5) is 11.4 Å². The Balaban J connectivity index is 1.75. The summed E-state index contributed by atoms with van der Waals surface area (Å²) in [5, 5.41) is 2.85. The van der Waals surface area contributed by atoms with Crippen molar-refractivity contribution in [1.29, 1.82) is 0 Å². The van der Waals surface area contributed by atoms with Crippen LogP contribution in [0.5, 0.6) is 5.75 Å². The quantitative estimate of drug-likeness (QED) is 0.585. The van der Waals surface area contributed by atoms with E-state index >= 15 is 0 Å². The van der Waals surface area contributed by atoms with E-state index in [9.17, 15) is 13.2 Å². The lowest BCUT2D eigenvalue weighted by Gasteiger charge is -2.22. The zero-order chi connectivity index (χ0) is 21.6. The van der Waals surface area contributed by atoms with Crippen LogP contribution < -0.4 is 14.4 Å². The molecule has 7 heteroatoms. The van der Waals surface area contributed by atoms with Gasteiger partial charge in [-0.1, -0.05) is 42.5 Å². The van der Waals surface area contributed by atoms with Crippen molar-refractivity contribution in [2.75, 3.05) is 22.5 Å². The Morgan fingerprint density at radius 2 is 1.57 bits per heavy atom. The highest BCUT2D eigenvalue weighted by atomic mass is 32.2. The number of para-hydroxylation sites is 3. The molecule has 0 bridgehead atoms. The van der Waals surface area contributed by atoms with E-state index in [1.54, 1.807) is 60.7 Å². The second kappa shape index (κ2) is 9.45. The average Bonchev–Trinajstić information content (AvgIpc) is 2.74. The Hall–Kier alpha value is -3.32. The van der Waals surface area contributed by atoms with E-state index in [1.807, 2.05) is 25.1 Å². The van der Waals surface area contributed by atoms with Gasteiger partial charge in [0.15, 0.2) is 0 Å². The number of ether oxygens (including phenoxy) is 1. The maximum absolute atomic E-state index is 12.6. The second-order valence-corrected chi connectivity index (χ2v) is 8.59. The molecule has 0 spiro atoms. The fraction of sp³-hybridized carbons (Fsp3) is 0.174. The Bertz CT molecular complexity index is 1100. The lowest BCUT2D eigenvalue weighted by atomic mass is 10.1. The van der Waals surface area contributed by atoms with Gasteiger partial charge in [-0.3, -0.25) is 9.10 Å². The summed E-state index contributed by atoms with van der Waals surface area (Å²) >= 11 is 0. The summed E-state index contributed by atoms with van der Waals surface area (Å²) in [6, 6.07) is 23.0. The van der Waals surface area contributed by atoms with Crippen molar-refractivity contribution >= 4 is 27.3 Å². The Morgan fingerprint density at radius 1 is 0.933 bits per heavy atom. The third-order valence-electron chi connectivity index (χ3n) is 4.42. The number of benzene rings is 3. The van der Waals surface area contributed by atoms with Crippen LogP contribution in [0.2, 0.25) is 0 Å². The Kier molecular flexibility index (Phi) is 6.74. The number of hydrogen-bond acceptors (Lipinski definition) is 4. The van der Waals surface area contributed by atoms with Crippen molar-refractivity contribution in [2.45, 2.75) is 13.5 Å². The molecule has 0 aliphatic rings. The SMILES string of the molecule is CCOc1ccccc1NC(=O)c1ccc(CN(c2ccccc2)S(C)(=O)=O)cc1. The number of rotatable bonds is 8. The minimum absolute atomic E-state index is 0.178. The van der Waals surface area contributed by atoms with Gasteiger partial charge in [0.25, 0.3) is 5.91 Å². The first-order chi connectivity index (χ1) is 14.4. The standard InChI is InChI=1S/C23H24N2O4S/c1-3-29-22-12-8-7-11-21(22)24-23(26)19-15-13-18(14-16-19)17-25(30(2,27)28)20-9-5-4-6-10-20/h4-16H,3,17H2,1-2H3,(H,24,26). The second-order valence-electron chi connectivity index (χ2n) is 6.69. The van der Waals surface area contributed by atoms with Crippen molar-refractivity contribution < 1.29 is 17.9 Å². The third-order valence-corrected chi connectivity index (χ3v) is 5.56. The van der Waals surface area contributed by atoms with E-state index in [2.05, 4.69) is 5.32 Å². The topological polar surface area (TPSA) is 75.7 Å². The minimum atomic E-state index is -3.45. The molecule has 0 saturated carbocycles. The van der Waals surface area contributed by atoms with E-state index in [-0.39, 0.29) is 12.5 Å². The lowest BCUT2D eigenvalue weighted by Crippen LogP contribution is -2.29. The molecule has 0 heterocycles. The van der Waals surface area contributed by atoms with Crippen LogP contribution in [0, 0.1) is 0 Å². The van der Waals surface area contributed by atoms with E-state index < -0.39 is 10.0 Å². The van der Waals surface area contributed by atoms with Gasteiger partial charge in [-0.2, -0.15) is 0 Å². The summed E-state index contributed by atoms with van der Waals surface area (Å²) < 4.78 is 31.4. The maximum Gasteiger partial charge on any atom is 0.255 e. The van der Waals surface area contributed by atoms with Crippen molar-refractivity contribution in [1.82, 2.24) is 0 Å². The molecule has 0 aromatic heterocycles. The molecule has 0 unspecified atom stereocenters. The van der Waals surface area contributed by atoms with Gasteiger partial charge < -0.3 is 10.1 Å². The molecule has 3 rings (SSSR count). The summed E-state index contributed by atoms with van der Waals surface area (Å²) in [5.74, 6) is 0.341. The summed E-state index contributed by atoms with van der Waals surface area (Å²) in [4.78, 5) is 12.6. The average molecular weight is 425 g/mol. The Morgan fingerprint density at radius 3 is 2.20 bits per heavy atom. The first-order valence-corrected chi connectivity index (χ1v) is 11.4. The first kappa shape index (κ1) is 21.4. The molecule has 3 aromatic rings. The smallest absolute Gasteiger partial charge is 0.255 e. The van der Waals surface area contributed by atoms with Gasteiger partial charge in [-0.15, -0.1) is 0 Å². The molecule has 30 heavy (non-hydrogen) atoms. The highest BCUT2D eigenvalue weighted by Crippen LogP contribution is 2.25. The largest absolute Gasteiger partial charge is 0.492 e. The van der Waals surface area contributed by atoms with E-state index in [4.69, 9.17) is 4.74 Å². The van der Waals surface area contributed by atoms with Gasteiger partial charge in [0, 0.05) is 5.56 Å². The molecule has 0 saturated heterocycles. The molecule has 0 fully saturated rings. The number of carbonyl (C=O) groups is 1. The van der Waals surface area contributed by atoms with Gasteiger partial charge >= 0.3 is 0 Å². The molecule has 0 atom stereocenters. The van der Waals surface area contributed by atoms with Crippen molar-refractivity contribution in [3.8, 4) is 5.75 Å². The van der Waals surface area contributed by atoms with E-state index in [0.717, 1.165) is 5.56 Å². The van der Waals surface area contributed by atoms with Crippen LogP contribution in [-0.2, 0) is 16.6 Å². The highest BCUT2D eigenvalue weighted by molar-refractivity contribution is 7.92. The Labute approximate surface area is 177 Å². The minimum Gasteiger partial charge on any atom is -0.492 e. The molecule has 1 N–H and O–H groups in total. The van der Waals surface area contributed by atoms with Gasteiger partial charge in [0.05, 0.1) is 30.8 Å². The molecule has 3 aromatic carbocycles. The number of hydrogen-bond donors (Lipinski definition) is 1. The first-order valence-electron chi connectivity index (χ1n) is 9.53. The van der Waals surface area contributed by atoms with Gasteiger partial charge in [0.2, 0.25) is 10.0 Å². The van der Waals surface area contributed by atoms with Crippen molar-refractivity contribution in [2.24, 2.45) is 0 Å². The predicted molar refractivity (Wildman–Crippen MR) is 119 cm³/mol. The molecule has 1 amide bonds. The molecule has 0 aliphatic heterocycles. The van der Waals surface area contributed by atoms with Crippen molar-refractivity contribution in [3.63, 3.8) is 0 Å². The molecule has 0 radical (unpaired) electrons. The van der Waals surface area contributed by atoms with Crippen LogP contribution in [0.1, 0.15) is 22.8 Å². The van der Waals surface area contributed by atoms with Crippen LogP contribution in [0.3, 0.4) is 0 Å². The maximum atomic E-state index is 12.6.